The molecule has 0 fully saturated rings. The van der Waals surface area contributed by atoms with Gasteiger partial charge in [-0.2, -0.15) is 0 Å². The molecule has 0 aromatic heterocycles. The number of rotatable bonds is 6. The predicted octanol–water partition coefficient (Wildman–Crippen LogP) is 4.09. The highest BCUT2D eigenvalue weighted by Crippen LogP contribution is 2.33. The molecule has 0 spiro atoms. The summed E-state index contributed by atoms with van der Waals surface area (Å²) in [7, 11) is 2.91. The number of phenolic OH excluding ortho intramolecular Hbond substituents is 1. The Bertz CT molecular complexity index is 775. The molecule has 0 saturated heterocycles. The number of phenols is 1. The standard InChI is InChI=1S/C20H20O4/c1-4-7-17-18(23-2)13-12-15(19(17)21)11-10-14-8-5-6-9-16(14)20(22)24-3/h4-6,8-13,21H,1,7H2,2-3H3. The van der Waals surface area contributed by atoms with Crippen LogP contribution >= 0.6 is 0 Å². The third kappa shape index (κ3) is 3.66. The number of aromatic hydroxyl groups is 1. The fraction of sp³-hybridized carbons (Fsp3) is 0.150. The highest BCUT2D eigenvalue weighted by molar-refractivity contribution is 5.94. The average molecular weight is 324 g/mol. The molecule has 124 valence electrons. The van der Waals surface area contributed by atoms with E-state index in [1.165, 1.54) is 7.11 Å². The predicted molar refractivity (Wildman–Crippen MR) is 95.3 cm³/mol. The van der Waals surface area contributed by atoms with Gasteiger partial charge in [0.25, 0.3) is 0 Å². The van der Waals surface area contributed by atoms with Crippen LogP contribution in [-0.4, -0.2) is 25.3 Å². The molecule has 1 N–H and O–H groups in total. The van der Waals surface area contributed by atoms with Gasteiger partial charge < -0.3 is 14.6 Å². The molecule has 2 rings (SSSR count). The van der Waals surface area contributed by atoms with Gasteiger partial charge in [-0.1, -0.05) is 36.4 Å². The fourth-order valence-electron chi connectivity index (χ4n) is 2.42. The summed E-state index contributed by atoms with van der Waals surface area (Å²) in [5.74, 6) is 0.349. The lowest BCUT2D eigenvalue weighted by molar-refractivity contribution is 0.0600. The third-order valence-corrected chi connectivity index (χ3v) is 3.65. The molecule has 0 unspecified atom stereocenters. The second-order valence-corrected chi connectivity index (χ2v) is 5.09. The van der Waals surface area contributed by atoms with Gasteiger partial charge in [0, 0.05) is 11.1 Å². The van der Waals surface area contributed by atoms with Gasteiger partial charge in [-0.15, -0.1) is 6.58 Å². The number of benzene rings is 2. The highest BCUT2D eigenvalue weighted by atomic mass is 16.5. The summed E-state index contributed by atoms with van der Waals surface area (Å²) in [4.78, 5) is 11.8. The van der Waals surface area contributed by atoms with Crippen molar-refractivity contribution in [1.29, 1.82) is 0 Å². The summed E-state index contributed by atoms with van der Waals surface area (Å²) in [6.45, 7) is 3.70. The van der Waals surface area contributed by atoms with Crippen LogP contribution in [-0.2, 0) is 11.2 Å². The largest absolute Gasteiger partial charge is 0.507 e. The number of methoxy groups -OCH3 is 2. The smallest absolute Gasteiger partial charge is 0.338 e. The average Bonchev–Trinajstić information content (AvgIpc) is 2.62. The van der Waals surface area contributed by atoms with Crippen molar-refractivity contribution in [3.05, 3.63) is 71.3 Å². The van der Waals surface area contributed by atoms with Crippen molar-refractivity contribution in [3.8, 4) is 11.5 Å². The zero-order valence-corrected chi connectivity index (χ0v) is 13.8. The SMILES string of the molecule is C=CCc1c(OC)ccc(C=Cc2ccccc2C(=O)OC)c1O. The van der Waals surface area contributed by atoms with Crippen LogP contribution in [0.2, 0.25) is 0 Å². The minimum Gasteiger partial charge on any atom is -0.507 e. The lowest BCUT2D eigenvalue weighted by atomic mass is 10.0. The Morgan fingerprint density at radius 3 is 2.50 bits per heavy atom. The molecule has 0 aliphatic rings. The van der Waals surface area contributed by atoms with Crippen LogP contribution < -0.4 is 4.74 Å². The molecule has 0 aliphatic heterocycles. The molecular weight excluding hydrogens is 304 g/mol. The second-order valence-electron chi connectivity index (χ2n) is 5.09. The van der Waals surface area contributed by atoms with E-state index in [0.29, 0.717) is 34.4 Å². The molecule has 4 nitrogen and oxygen atoms in total. The van der Waals surface area contributed by atoms with Crippen LogP contribution in [0, 0.1) is 0 Å². The Morgan fingerprint density at radius 1 is 1.12 bits per heavy atom. The summed E-state index contributed by atoms with van der Waals surface area (Å²) in [5.41, 5.74) is 2.49. The molecular formula is C20H20O4. The number of carbonyl (C=O) groups excluding carboxylic acids is 1. The summed E-state index contributed by atoms with van der Waals surface area (Å²) in [5, 5.41) is 10.5. The van der Waals surface area contributed by atoms with Crippen LogP contribution in [0.5, 0.6) is 11.5 Å². The summed E-state index contributed by atoms with van der Waals surface area (Å²) < 4.78 is 10.1. The normalized spacial score (nSPS) is 10.6. The van der Waals surface area contributed by atoms with Crippen molar-refractivity contribution in [2.24, 2.45) is 0 Å². The second kappa shape index (κ2) is 8.02. The maximum atomic E-state index is 11.8. The lowest BCUT2D eigenvalue weighted by Crippen LogP contribution is -2.03. The monoisotopic (exact) mass is 324 g/mol. The molecule has 2 aromatic carbocycles. The van der Waals surface area contributed by atoms with E-state index in [1.54, 1.807) is 49.6 Å². The Hall–Kier alpha value is -3.01. The Kier molecular flexibility index (Phi) is 5.79. The molecule has 0 bridgehead atoms. The highest BCUT2D eigenvalue weighted by Gasteiger charge is 2.12. The molecule has 2 aromatic rings. The molecule has 0 saturated carbocycles. The van der Waals surface area contributed by atoms with E-state index < -0.39 is 5.97 Å². The van der Waals surface area contributed by atoms with Crippen LogP contribution in [0.4, 0.5) is 0 Å². The quantitative estimate of drug-likeness (QED) is 0.494. The van der Waals surface area contributed by atoms with Gasteiger partial charge in [0.1, 0.15) is 11.5 Å². The van der Waals surface area contributed by atoms with Crippen molar-refractivity contribution in [3.63, 3.8) is 0 Å². The number of allylic oxidation sites excluding steroid dienone is 1. The van der Waals surface area contributed by atoms with Crippen molar-refractivity contribution < 1.29 is 19.4 Å². The van der Waals surface area contributed by atoms with Gasteiger partial charge in [0.05, 0.1) is 19.8 Å². The van der Waals surface area contributed by atoms with Crippen molar-refractivity contribution >= 4 is 18.1 Å². The maximum Gasteiger partial charge on any atom is 0.338 e. The number of hydrogen-bond donors (Lipinski definition) is 1. The van der Waals surface area contributed by atoms with Crippen molar-refractivity contribution in [1.82, 2.24) is 0 Å². The molecule has 0 radical (unpaired) electrons. The summed E-state index contributed by atoms with van der Waals surface area (Å²) >= 11 is 0. The van der Waals surface area contributed by atoms with Crippen LogP contribution in [0.3, 0.4) is 0 Å². The van der Waals surface area contributed by atoms with Crippen LogP contribution in [0.15, 0.2) is 49.1 Å². The summed E-state index contributed by atoms with van der Waals surface area (Å²) in [6.07, 6.45) is 5.72. The van der Waals surface area contributed by atoms with E-state index in [4.69, 9.17) is 9.47 Å². The van der Waals surface area contributed by atoms with Crippen molar-refractivity contribution in [2.75, 3.05) is 14.2 Å². The Labute approximate surface area is 141 Å². The number of ether oxygens (including phenoxy) is 2. The third-order valence-electron chi connectivity index (χ3n) is 3.65. The topological polar surface area (TPSA) is 55.8 Å². The molecule has 0 atom stereocenters. The first kappa shape index (κ1) is 17.3. The zero-order chi connectivity index (χ0) is 17.5. The van der Waals surface area contributed by atoms with E-state index >= 15 is 0 Å². The van der Waals surface area contributed by atoms with E-state index in [0.717, 1.165) is 0 Å². The number of hydrogen-bond acceptors (Lipinski definition) is 4. The molecule has 0 amide bonds. The maximum absolute atomic E-state index is 11.8. The van der Waals surface area contributed by atoms with Gasteiger partial charge >= 0.3 is 5.97 Å². The Morgan fingerprint density at radius 2 is 1.83 bits per heavy atom. The number of carbonyl (C=O) groups is 1. The van der Waals surface area contributed by atoms with E-state index in [2.05, 4.69) is 6.58 Å². The van der Waals surface area contributed by atoms with Gasteiger partial charge in [-0.05, 0) is 30.2 Å². The van der Waals surface area contributed by atoms with Gasteiger partial charge in [-0.25, -0.2) is 4.79 Å². The van der Waals surface area contributed by atoms with E-state index in [-0.39, 0.29) is 5.75 Å². The molecule has 0 heterocycles. The van der Waals surface area contributed by atoms with E-state index in [1.807, 2.05) is 12.1 Å². The van der Waals surface area contributed by atoms with Crippen molar-refractivity contribution in [2.45, 2.75) is 6.42 Å². The number of esters is 1. The zero-order valence-electron chi connectivity index (χ0n) is 13.8. The van der Waals surface area contributed by atoms with Crippen LogP contribution in [0.25, 0.3) is 12.2 Å². The molecule has 24 heavy (non-hydrogen) atoms. The fourth-order valence-corrected chi connectivity index (χ4v) is 2.42. The van der Waals surface area contributed by atoms with Gasteiger partial charge in [-0.3, -0.25) is 0 Å². The first-order valence-corrected chi connectivity index (χ1v) is 7.47. The lowest BCUT2D eigenvalue weighted by Gasteiger charge is -2.11. The van der Waals surface area contributed by atoms with Gasteiger partial charge in [0.15, 0.2) is 0 Å². The summed E-state index contributed by atoms with van der Waals surface area (Å²) in [6, 6.07) is 10.7. The first-order chi connectivity index (χ1) is 11.6. The Balaban J connectivity index is 2.42. The molecule has 4 heteroatoms. The minimum absolute atomic E-state index is 0.140. The van der Waals surface area contributed by atoms with Gasteiger partial charge in [0.2, 0.25) is 0 Å². The molecule has 0 aliphatic carbocycles. The first-order valence-electron chi connectivity index (χ1n) is 7.47. The minimum atomic E-state index is -0.401. The van der Waals surface area contributed by atoms with E-state index in [9.17, 15) is 9.90 Å². The van der Waals surface area contributed by atoms with Crippen LogP contribution in [0.1, 0.15) is 27.0 Å².